The van der Waals surface area contributed by atoms with Gasteiger partial charge in [0.1, 0.15) is 11.5 Å². The van der Waals surface area contributed by atoms with E-state index in [1.54, 1.807) is 36.5 Å². The maximum absolute atomic E-state index is 13.2. The third-order valence-corrected chi connectivity index (χ3v) is 21.6. The number of benzene rings is 16. The number of nitrogens with zero attached hydrogens (tertiary/aromatic N) is 9. The topological polar surface area (TPSA) is 110 Å². The molecule has 581 valence electrons. The number of carboxylic acid groups (broad SMARTS) is 1. The van der Waals surface area contributed by atoms with Crippen LogP contribution in [0.1, 0.15) is 10.5 Å². The average molecular weight is 1750 g/mol. The van der Waals surface area contributed by atoms with Gasteiger partial charge in [0, 0.05) is 127 Å². The van der Waals surface area contributed by atoms with Gasteiger partial charge >= 0.3 is 5.97 Å². The number of rotatable bonds is 13. The van der Waals surface area contributed by atoms with Crippen molar-refractivity contribution in [2.45, 2.75) is 0 Å². The molecule has 0 fully saturated rings. The van der Waals surface area contributed by atoms with Gasteiger partial charge in [-0.2, -0.15) is 4.98 Å². The van der Waals surface area contributed by atoms with E-state index in [1.807, 2.05) is 0 Å². The van der Waals surface area contributed by atoms with Gasteiger partial charge in [0.25, 0.3) is 0 Å². The van der Waals surface area contributed by atoms with Gasteiger partial charge in [-0.15, -0.1) is 12.1 Å². The van der Waals surface area contributed by atoms with Crippen LogP contribution >= 0.6 is 0 Å². The number of halogens is 2. The summed E-state index contributed by atoms with van der Waals surface area (Å²) in [5.41, 5.74) is 19.6. The number of hydrogen-bond acceptors (Lipinski definition) is 7. The van der Waals surface area contributed by atoms with Crippen LogP contribution in [0.3, 0.4) is 0 Å². The number of carbonyl (C=O) groups is 1. The molecule has 0 saturated heterocycles. The number of aromatic nitrogens is 7. The Labute approximate surface area is 709 Å². The van der Waals surface area contributed by atoms with Gasteiger partial charge in [0.2, 0.25) is 5.95 Å². The van der Waals surface area contributed by atoms with Gasteiger partial charge in [-0.1, -0.05) is 285 Å². The largest absolute Gasteiger partial charge is 0.477 e. The molecule has 0 aliphatic heterocycles. The molecule has 0 aliphatic rings. The molecule has 0 amide bonds. The van der Waals surface area contributed by atoms with Crippen LogP contribution in [0.2, 0.25) is 0 Å². The van der Waals surface area contributed by atoms with Crippen molar-refractivity contribution >= 4 is 127 Å². The maximum Gasteiger partial charge on any atom is 0.354 e. The van der Waals surface area contributed by atoms with Crippen LogP contribution < -0.4 is 9.80 Å². The minimum atomic E-state index is -0.990. The third kappa shape index (κ3) is 15.3. The molecule has 22 rings (SSSR count). The van der Waals surface area contributed by atoms with E-state index in [9.17, 15) is 13.6 Å². The number of fused-ring (bicyclic) bond motifs is 11. The summed E-state index contributed by atoms with van der Waals surface area (Å²) in [4.78, 5) is 33.1. The quantitative estimate of drug-likeness (QED) is 0.114. The SMILES string of the molecule is Fc1c[c-]c(-c2ccccn2)c(F)c1.O=C(O)c1ccccn1.[Ir].c1ccc(N(c2ccc(-c3ccc(N(c4ccccc4)c4cccc5ccccc45)cc3)cc2)c2cccc3ccccc23)cc1.c1ccc2c(c1)c1ccccc1n2-c1ccc(-c2cc(-n3c4ccccc4c4ccccc43)nc(-n3c4ccccc4c4ccccc43)n2)cc1. The summed E-state index contributed by atoms with van der Waals surface area (Å²) in [7, 11) is 0. The second-order valence-corrected chi connectivity index (χ2v) is 28.8. The van der Waals surface area contributed by atoms with E-state index >= 15 is 0 Å². The standard InChI is InChI=1S/C46H29N5.C44H32N2.C11H6F2N.C6H5NO2.Ir/c1-7-19-39-32(13-1)33-14-2-8-20-40(33)49(39)31-27-25-30(26-28-31)38-29-45(50-41-21-9-3-15-34(41)35-16-4-10-22-42(35)50)48-46(47-38)51-43-23-11-5-17-36(43)37-18-6-12-24-44(37)51;1-3-17-37(18-4-1)45(43-23-11-15-35-13-7-9-21-41(35)43)39-29-25-33(26-30-39)34-27-31-40(32-28-34)46(38-19-5-2-6-20-38)44-24-12-16-36-14-8-10-22-42(36)44;12-8-4-5-9(10(13)7-8)11-3-1-2-6-14-11;8-6(9)5-3-1-2-4-7-5;/h1-29H;1-32H;1-4,6-7H;1-4H,(H,8,9);/q;;-1;;. The second-order valence-electron chi connectivity index (χ2n) is 28.8. The van der Waals surface area contributed by atoms with E-state index in [0.29, 0.717) is 11.6 Å². The minimum absolute atomic E-state index is 0. The predicted octanol–water partition coefficient (Wildman–Crippen LogP) is 27.6. The van der Waals surface area contributed by atoms with Crippen LogP contribution in [0.25, 0.3) is 138 Å². The second kappa shape index (κ2) is 34.3. The normalized spacial score (nSPS) is 11.1. The van der Waals surface area contributed by atoms with E-state index in [4.69, 9.17) is 15.1 Å². The summed E-state index contributed by atoms with van der Waals surface area (Å²) in [5, 5.41) is 20.5. The summed E-state index contributed by atoms with van der Waals surface area (Å²) >= 11 is 0. The number of carboxylic acids is 1. The zero-order valence-corrected chi connectivity index (χ0v) is 67.4. The fourth-order valence-corrected chi connectivity index (χ4v) is 16.1. The van der Waals surface area contributed by atoms with Gasteiger partial charge in [-0.3, -0.25) is 17.9 Å². The third-order valence-electron chi connectivity index (χ3n) is 21.6. The molecule has 0 spiro atoms. The molecule has 0 aliphatic carbocycles. The number of anilines is 6. The van der Waals surface area contributed by atoms with Crippen LogP contribution in [-0.4, -0.2) is 44.7 Å². The summed E-state index contributed by atoms with van der Waals surface area (Å²) in [6, 6.07) is 146. The summed E-state index contributed by atoms with van der Waals surface area (Å²) < 4.78 is 32.6. The average Bonchev–Trinajstić information content (AvgIpc) is 1.59. The molecule has 0 atom stereocenters. The molecule has 11 nitrogen and oxygen atoms in total. The Bertz CT molecular complexity index is 7010. The van der Waals surface area contributed by atoms with Crippen molar-refractivity contribution in [1.29, 1.82) is 0 Å². The number of pyridine rings is 2. The first kappa shape index (κ1) is 76.7. The van der Waals surface area contributed by atoms with Crippen molar-refractivity contribution in [1.82, 2.24) is 33.6 Å². The Morgan fingerprint density at radius 1 is 0.322 bits per heavy atom. The predicted molar refractivity (Wildman–Crippen MR) is 486 cm³/mol. The number of para-hydroxylation sites is 8. The van der Waals surface area contributed by atoms with Crippen molar-refractivity contribution in [3.8, 4) is 51.1 Å². The first-order valence-corrected chi connectivity index (χ1v) is 39.5. The molecule has 6 aromatic heterocycles. The Kier molecular flexibility index (Phi) is 21.7. The number of aromatic carboxylic acids is 1. The monoisotopic (exact) mass is 1750 g/mol. The van der Waals surface area contributed by atoms with E-state index in [2.05, 4.69) is 410 Å². The van der Waals surface area contributed by atoms with Crippen LogP contribution in [-0.2, 0) is 20.1 Å². The Morgan fingerprint density at radius 3 is 1.11 bits per heavy atom. The van der Waals surface area contributed by atoms with Gasteiger partial charge in [-0.05, 0) is 155 Å². The molecular weight excluding hydrogens is 1670 g/mol. The van der Waals surface area contributed by atoms with Crippen molar-refractivity contribution in [2.75, 3.05) is 9.80 Å². The van der Waals surface area contributed by atoms with Crippen molar-refractivity contribution in [3.63, 3.8) is 0 Å². The Hall–Kier alpha value is -15.6. The minimum Gasteiger partial charge on any atom is -0.477 e. The van der Waals surface area contributed by atoms with E-state index < -0.39 is 17.6 Å². The molecule has 0 bridgehead atoms. The first-order chi connectivity index (χ1) is 59.2. The van der Waals surface area contributed by atoms with E-state index in [-0.39, 0.29) is 31.4 Å². The maximum atomic E-state index is 13.2. The number of hydrogen-bond donors (Lipinski definition) is 1. The van der Waals surface area contributed by atoms with Crippen molar-refractivity contribution in [2.24, 2.45) is 0 Å². The fourth-order valence-electron chi connectivity index (χ4n) is 16.1. The molecule has 1 radical (unpaired) electrons. The summed E-state index contributed by atoms with van der Waals surface area (Å²) in [6.45, 7) is 0. The van der Waals surface area contributed by atoms with Gasteiger partial charge < -0.3 is 24.5 Å². The summed E-state index contributed by atoms with van der Waals surface area (Å²) in [5.74, 6) is -0.824. The first-order valence-electron chi connectivity index (χ1n) is 39.5. The van der Waals surface area contributed by atoms with Crippen molar-refractivity contribution in [3.05, 3.63) is 454 Å². The van der Waals surface area contributed by atoms with Gasteiger partial charge in [0.05, 0.1) is 50.2 Å². The molecule has 6 heterocycles. The van der Waals surface area contributed by atoms with Crippen LogP contribution in [0.4, 0.5) is 42.9 Å². The molecule has 1 N–H and O–H groups in total. The van der Waals surface area contributed by atoms with Crippen molar-refractivity contribution < 1.29 is 38.8 Å². The smallest absolute Gasteiger partial charge is 0.354 e. The molecule has 14 heteroatoms. The van der Waals surface area contributed by atoms with Crippen LogP contribution in [0.5, 0.6) is 0 Å². The Balaban J connectivity index is 0.000000131. The van der Waals surface area contributed by atoms with Crippen LogP contribution in [0, 0.1) is 17.7 Å². The molecular formula is C107H72F2IrN9O2-. The molecule has 16 aromatic carbocycles. The van der Waals surface area contributed by atoms with Gasteiger partial charge in [0.15, 0.2) is 0 Å². The zero-order chi connectivity index (χ0) is 80.8. The van der Waals surface area contributed by atoms with E-state index in [0.717, 1.165) is 91.1 Å². The molecule has 121 heavy (non-hydrogen) atoms. The molecule has 0 unspecified atom stereocenters. The fraction of sp³-hybridized carbons (Fsp3) is 0. The molecule has 0 saturated carbocycles. The van der Waals surface area contributed by atoms with Gasteiger partial charge in [-0.25, -0.2) is 14.8 Å². The Morgan fingerprint density at radius 2 is 0.694 bits per heavy atom. The summed E-state index contributed by atoms with van der Waals surface area (Å²) in [6.07, 6.45) is 3.00. The van der Waals surface area contributed by atoms with Crippen LogP contribution in [0.15, 0.2) is 431 Å². The zero-order valence-electron chi connectivity index (χ0n) is 65.0. The molecule has 22 aromatic rings. The van der Waals surface area contributed by atoms with E-state index in [1.165, 1.54) is 88.3 Å².